The summed E-state index contributed by atoms with van der Waals surface area (Å²) >= 11 is 0. The molecule has 124 valence electrons. The number of halogens is 1. The van der Waals surface area contributed by atoms with Crippen LogP contribution in [0.4, 0.5) is 4.39 Å². The Morgan fingerprint density at radius 1 is 1.00 bits per heavy atom. The lowest BCUT2D eigenvalue weighted by Crippen LogP contribution is -2.29. The first-order valence-electron chi connectivity index (χ1n) is 7.82. The zero-order chi connectivity index (χ0) is 16.9. The summed E-state index contributed by atoms with van der Waals surface area (Å²) in [5.74, 6) is -1.10. The third-order valence-corrected chi connectivity index (χ3v) is 4.03. The fraction of sp³-hybridized carbons (Fsp3) is 0.278. The highest BCUT2D eigenvalue weighted by Gasteiger charge is 2.47. The fourth-order valence-electron chi connectivity index (χ4n) is 2.52. The topological polar surface area (TPSA) is 71.1 Å². The van der Waals surface area contributed by atoms with Crippen molar-refractivity contribution in [2.45, 2.75) is 19.5 Å². The minimum atomic E-state index is -0.308. The molecule has 2 N–H and O–H groups in total. The second-order valence-electron chi connectivity index (χ2n) is 5.87. The van der Waals surface area contributed by atoms with Crippen LogP contribution in [0.1, 0.15) is 17.5 Å². The minimum Gasteiger partial charge on any atom is -0.352 e. The van der Waals surface area contributed by atoms with Gasteiger partial charge in [-0.05, 0) is 35.7 Å². The minimum absolute atomic E-state index is 0.110. The quantitative estimate of drug-likeness (QED) is 0.850. The molecule has 0 saturated heterocycles. The van der Waals surface area contributed by atoms with Gasteiger partial charge in [0, 0.05) is 25.5 Å². The maximum atomic E-state index is 12.8. The first kappa shape index (κ1) is 16.1. The summed E-state index contributed by atoms with van der Waals surface area (Å²) < 4.78 is 12.8. The molecule has 1 aliphatic carbocycles. The van der Waals surface area contributed by atoms with Crippen LogP contribution >= 0.6 is 0 Å². The van der Waals surface area contributed by atoms with Gasteiger partial charge in [0.1, 0.15) is 5.82 Å². The van der Waals surface area contributed by atoms with Gasteiger partial charge in [-0.1, -0.05) is 18.2 Å². The highest BCUT2D eigenvalue weighted by atomic mass is 19.1. The fourth-order valence-corrected chi connectivity index (χ4v) is 2.52. The largest absolute Gasteiger partial charge is 0.352 e. The molecule has 24 heavy (non-hydrogen) atoms. The lowest BCUT2D eigenvalue weighted by Gasteiger charge is -2.06. The molecule has 1 aromatic heterocycles. The number of amides is 2. The van der Waals surface area contributed by atoms with E-state index in [1.54, 1.807) is 24.5 Å². The molecular formula is C18H18FN3O2. The van der Waals surface area contributed by atoms with E-state index in [4.69, 9.17) is 0 Å². The predicted molar refractivity (Wildman–Crippen MR) is 85.9 cm³/mol. The SMILES string of the molecule is O=C(NCc1ccc(F)cc1)C1CC1C(=O)NCc1cccnc1. The number of carbonyl (C=O) groups is 2. The van der Waals surface area contributed by atoms with Gasteiger partial charge in [-0.15, -0.1) is 0 Å². The number of aromatic nitrogens is 1. The smallest absolute Gasteiger partial charge is 0.224 e. The van der Waals surface area contributed by atoms with Gasteiger partial charge in [-0.3, -0.25) is 14.6 Å². The van der Waals surface area contributed by atoms with Gasteiger partial charge in [0.25, 0.3) is 0 Å². The van der Waals surface area contributed by atoms with E-state index in [-0.39, 0.29) is 29.5 Å². The van der Waals surface area contributed by atoms with Crippen LogP contribution in [0.3, 0.4) is 0 Å². The van der Waals surface area contributed by atoms with Crippen molar-refractivity contribution in [2.24, 2.45) is 11.8 Å². The Balaban J connectivity index is 1.41. The highest BCUT2D eigenvalue weighted by Crippen LogP contribution is 2.38. The van der Waals surface area contributed by atoms with Gasteiger partial charge in [0.2, 0.25) is 11.8 Å². The molecule has 1 saturated carbocycles. The van der Waals surface area contributed by atoms with Crippen LogP contribution in [-0.4, -0.2) is 16.8 Å². The molecule has 1 aliphatic rings. The maximum absolute atomic E-state index is 12.8. The van der Waals surface area contributed by atoms with Crippen molar-refractivity contribution in [2.75, 3.05) is 0 Å². The first-order chi connectivity index (χ1) is 11.6. The first-order valence-corrected chi connectivity index (χ1v) is 7.82. The number of pyridine rings is 1. The summed E-state index contributed by atoms with van der Waals surface area (Å²) in [4.78, 5) is 28.1. The lowest BCUT2D eigenvalue weighted by atomic mass is 10.2. The number of rotatable bonds is 6. The van der Waals surface area contributed by atoms with Crippen LogP contribution in [0.15, 0.2) is 48.8 Å². The van der Waals surface area contributed by atoms with E-state index in [9.17, 15) is 14.0 Å². The summed E-state index contributed by atoms with van der Waals surface area (Å²) in [6, 6.07) is 9.65. The lowest BCUT2D eigenvalue weighted by molar-refractivity contribution is -0.127. The van der Waals surface area contributed by atoms with E-state index in [1.807, 2.05) is 12.1 Å². The second-order valence-corrected chi connectivity index (χ2v) is 5.87. The van der Waals surface area contributed by atoms with Crippen LogP contribution in [0.25, 0.3) is 0 Å². The Hall–Kier alpha value is -2.76. The number of carbonyl (C=O) groups excluding carboxylic acids is 2. The maximum Gasteiger partial charge on any atom is 0.224 e. The zero-order valence-electron chi connectivity index (χ0n) is 13.0. The van der Waals surface area contributed by atoms with Gasteiger partial charge < -0.3 is 10.6 Å². The van der Waals surface area contributed by atoms with Crippen molar-refractivity contribution in [1.82, 2.24) is 15.6 Å². The number of hydrogen-bond acceptors (Lipinski definition) is 3. The summed E-state index contributed by atoms with van der Waals surface area (Å²) in [6.45, 7) is 0.743. The molecule has 2 amide bonds. The van der Waals surface area contributed by atoms with Crippen molar-refractivity contribution in [1.29, 1.82) is 0 Å². The summed E-state index contributed by atoms with van der Waals surface area (Å²) in [7, 11) is 0. The number of nitrogens with zero attached hydrogens (tertiary/aromatic N) is 1. The number of hydrogen-bond donors (Lipinski definition) is 2. The standard InChI is InChI=1S/C18H18FN3O2/c19-14-5-3-12(4-6-14)10-21-17(23)15-8-16(15)18(24)22-11-13-2-1-7-20-9-13/h1-7,9,15-16H,8,10-11H2,(H,21,23)(H,22,24). The van der Waals surface area contributed by atoms with E-state index in [1.165, 1.54) is 12.1 Å². The van der Waals surface area contributed by atoms with Crippen LogP contribution in [0.2, 0.25) is 0 Å². The third kappa shape index (κ3) is 4.16. The summed E-state index contributed by atoms with van der Waals surface area (Å²) in [5.41, 5.74) is 1.74. The van der Waals surface area contributed by atoms with E-state index in [0.29, 0.717) is 19.5 Å². The van der Waals surface area contributed by atoms with Crippen LogP contribution in [0.5, 0.6) is 0 Å². The van der Waals surface area contributed by atoms with Crippen molar-refractivity contribution >= 4 is 11.8 Å². The summed E-state index contributed by atoms with van der Waals surface area (Å²) in [6.07, 6.45) is 3.93. The van der Waals surface area contributed by atoms with Gasteiger partial charge in [-0.2, -0.15) is 0 Å². The molecule has 0 bridgehead atoms. The van der Waals surface area contributed by atoms with Gasteiger partial charge in [0.05, 0.1) is 11.8 Å². The Morgan fingerprint density at radius 3 is 2.21 bits per heavy atom. The molecule has 2 atom stereocenters. The molecule has 1 fully saturated rings. The average molecular weight is 327 g/mol. The molecule has 0 spiro atoms. The van der Waals surface area contributed by atoms with Gasteiger partial charge in [0.15, 0.2) is 0 Å². The van der Waals surface area contributed by atoms with Gasteiger partial charge >= 0.3 is 0 Å². The van der Waals surface area contributed by atoms with Gasteiger partial charge in [-0.25, -0.2) is 4.39 Å². The number of nitrogens with one attached hydrogen (secondary N) is 2. The molecule has 1 heterocycles. The Labute approximate surface area is 139 Å². The average Bonchev–Trinajstić information content (AvgIpc) is 3.41. The molecule has 1 aromatic carbocycles. The third-order valence-electron chi connectivity index (χ3n) is 4.03. The van der Waals surface area contributed by atoms with E-state index < -0.39 is 0 Å². The van der Waals surface area contributed by atoms with Crippen molar-refractivity contribution in [3.63, 3.8) is 0 Å². The number of benzene rings is 1. The molecule has 2 aromatic rings. The Bertz CT molecular complexity index is 719. The van der Waals surface area contributed by atoms with E-state index in [0.717, 1.165) is 11.1 Å². The summed E-state index contributed by atoms with van der Waals surface area (Å²) in [5, 5.41) is 5.61. The van der Waals surface area contributed by atoms with Crippen molar-refractivity contribution in [3.05, 3.63) is 65.7 Å². The van der Waals surface area contributed by atoms with E-state index in [2.05, 4.69) is 15.6 Å². The molecule has 2 unspecified atom stereocenters. The van der Waals surface area contributed by atoms with Crippen LogP contribution in [-0.2, 0) is 22.7 Å². The highest BCUT2D eigenvalue weighted by molar-refractivity contribution is 5.92. The monoisotopic (exact) mass is 327 g/mol. The second kappa shape index (κ2) is 7.21. The Kier molecular flexibility index (Phi) is 4.84. The molecular weight excluding hydrogens is 309 g/mol. The molecule has 3 rings (SSSR count). The predicted octanol–water partition coefficient (Wildman–Crippen LogP) is 1.79. The molecule has 5 nitrogen and oxygen atoms in total. The van der Waals surface area contributed by atoms with E-state index >= 15 is 0 Å². The zero-order valence-corrected chi connectivity index (χ0v) is 13.0. The van der Waals surface area contributed by atoms with Crippen molar-refractivity contribution in [3.8, 4) is 0 Å². The molecule has 6 heteroatoms. The van der Waals surface area contributed by atoms with Crippen LogP contribution in [0, 0.1) is 17.7 Å². The molecule has 0 aliphatic heterocycles. The normalized spacial score (nSPS) is 18.7. The van der Waals surface area contributed by atoms with Crippen LogP contribution < -0.4 is 10.6 Å². The molecule has 0 radical (unpaired) electrons. The van der Waals surface area contributed by atoms with Crippen molar-refractivity contribution < 1.29 is 14.0 Å². The Morgan fingerprint density at radius 2 is 1.62 bits per heavy atom.